The van der Waals surface area contributed by atoms with Crippen LogP contribution in [0.4, 0.5) is 5.69 Å². The fraction of sp³-hybridized carbons (Fsp3) is 0.429. The van der Waals surface area contributed by atoms with Gasteiger partial charge in [-0.1, -0.05) is 6.07 Å². The molecular formula is C28H34N4O. The summed E-state index contributed by atoms with van der Waals surface area (Å²) < 4.78 is 2.09. The van der Waals surface area contributed by atoms with E-state index in [0.717, 1.165) is 54.1 Å². The number of anilines is 1. The summed E-state index contributed by atoms with van der Waals surface area (Å²) in [7, 11) is 0. The lowest BCUT2D eigenvalue weighted by Gasteiger charge is -2.26. The molecule has 0 saturated carbocycles. The summed E-state index contributed by atoms with van der Waals surface area (Å²) in [6.45, 7) is 13.0. The number of nitrogens with zero attached hydrogens (tertiary/aromatic N) is 4. The Labute approximate surface area is 196 Å². The quantitative estimate of drug-likeness (QED) is 0.577. The first kappa shape index (κ1) is 21.9. The number of aryl methyl sites for hydroxylation is 3. The summed E-state index contributed by atoms with van der Waals surface area (Å²) in [6, 6.07) is 9.47. The van der Waals surface area contributed by atoms with Crippen molar-refractivity contribution >= 4 is 28.6 Å². The maximum Gasteiger partial charge on any atom is 0.163 e. The number of hydrogen-bond acceptors (Lipinski definition) is 4. The number of rotatable bonds is 3. The summed E-state index contributed by atoms with van der Waals surface area (Å²) in [4.78, 5) is 22.8. The molecule has 0 radical (unpaired) electrons. The Morgan fingerprint density at radius 1 is 0.970 bits per heavy atom. The number of aromatic nitrogens is 2. The van der Waals surface area contributed by atoms with Crippen molar-refractivity contribution in [3.05, 3.63) is 64.7 Å². The molecule has 0 amide bonds. The van der Waals surface area contributed by atoms with E-state index in [1.54, 1.807) is 0 Å². The highest BCUT2D eigenvalue weighted by Crippen LogP contribution is 2.31. The smallest absolute Gasteiger partial charge is 0.163 e. The van der Waals surface area contributed by atoms with Crippen LogP contribution in [0.1, 0.15) is 54.8 Å². The number of Topliss-reactive ketones (excluding diaryl/α,β-unsaturated/α-hetero) is 1. The minimum absolute atomic E-state index is 0.216. The molecule has 2 aliphatic rings. The molecule has 1 saturated heterocycles. The van der Waals surface area contributed by atoms with Gasteiger partial charge in [-0.15, -0.1) is 0 Å². The van der Waals surface area contributed by atoms with Crippen molar-refractivity contribution in [2.75, 3.05) is 31.1 Å². The van der Waals surface area contributed by atoms with Crippen LogP contribution >= 0.6 is 0 Å². The molecule has 33 heavy (non-hydrogen) atoms. The third-order valence-corrected chi connectivity index (χ3v) is 7.17. The van der Waals surface area contributed by atoms with Gasteiger partial charge in [-0.25, -0.2) is 0 Å². The Kier molecular flexibility index (Phi) is 5.83. The van der Waals surface area contributed by atoms with Gasteiger partial charge in [0.1, 0.15) is 0 Å². The molecule has 5 heteroatoms. The minimum atomic E-state index is 0.216. The Balaban J connectivity index is 1.46. The van der Waals surface area contributed by atoms with Crippen molar-refractivity contribution in [1.82, 2.24) is 14.3 Å². The standard InChI is InChI=1S/C28H34N4O/c1-19(2)30-10-5-11-31(13-12-30)25-8-6-23-15-26(28(33)9-7-22(23)14-25)24-16-27-21(4)29-20(3)17-32(27)18-24/h6,8,14-19H,5,7,9-13H2,1-4H3. The molecule has 5 rings (SSSR count). The molecule has 5 nitrogen and oxygen atoms in total. The van der Waals surface area contributed by atoms with Gasteiger partial charge in [-0.05, 0) is 75.9 Å². The second-order valence-corrected chi connectivity index (χ2v) is 9.82. The fourth-order valence-corrected chi connectivity index (χ4v) is 5.30. The van der Waals surface area contributed by atoms with Crippen LogP contribution in [0, 0.1) is 13.8 Å². The summed E-state index contributed by atoms with van der Waals surface area (Å²) in [6.07, 6.45) is 8.72. The third kappa shape index (κ3) is 4.34. The molecule has 1 aliphatic heterocycles. The average molecular weight is 443 g/mol. The molecule has 2 aromatic heterocycles. The number of ketones is 1. The minimum Gasteiger partial charge on any atom is -0.370 e. The van der Waals surface area contributed by atoms with Gasteiger partial charge in [0, 0.05) is 67.9 Å². The third-order valence-electron chi connectivity index (χ3n) is 7.17. The second kappa shape index (κ2) is 8.79. The molecule has 3 aromatic rings. The fourth-order valence-electron chi connectivity index (χ4n) is 5.30. The molecule has 0 N–H and O–H groups in total. The number of benzene rings is 1. The number of hydrogen-bond donors (Lipinski definition) is 0. The van der Waals surface area contributed by atoms with Crippen molar-refractivity contribution in [1.29, 1.82) is 0 Å². The lowest BCUT2D eigenvalue weighted by Crippen LogP contribution is -2.35. The highest BCUT2D eigenvalue weighted by Gasteiger charge is 2.22. The highest BCUT2D eigenvalue weighted by molar-refractivity contribution is 6.26. The van der Waals surface area contributed by atoms with Gasteiger partial charge in [-0.2, -0.15) is 0 Å². The van der Waals surface area contributed by atoms with Crippen molar-refractivity contribution in [3.63, 3.8) is 0 Å². The first-order valence-electron chi connectivity index (χ1n) is 12.2. The lowest BCUT2D eigenvalue weighted by molar-refractivity contribution is -0.113. The summed E-state index contributed by atoms with van der Waals surface area (Å²) in [5.41, 5.74) is 8.54. The van der Waals surface area contributed by atoms with Gasteiger partial charge in [0.15, 0.2) is 5.78 Å². The largest absolute Gasteiger partial charge is 0.370 e. The van der Waals surface area contributed by atoms with Gasteiger partial charge >= 0.3 is 0 Å². The molecule has 0 bridgehead atoms. The van der Waals surface area contributed by atoms with Crippen LogP contribution < -0.4 is 4.90 Å². The average Bonchev–Trinajstić information content (AvgIpc) is 2.95. The van der Waals surface area contributed by atoms with E-state index in [1.807, 2.05) is 20.0 Å². The normalized spacial score (nSPS) is 17.8. The van der Waals surface area contributed by atoms with E-state index < -0.39 is 0 Å². The van der Waals surface area contributed by atoms with Gasteiger partial charge in [-0.3, -0.25) is 14.7 Å². The Bertz CT molecular complexity index is 1240. The van der Waals surface area contributed by atoms with Crippen molar-refractivity contribution < 1.29 is 4.79 Å². The molecule has 172 valence electrons. The lowest BCUT2D eigenvalue weighted by atomic mass is 10.0. The Morgan fingerprint density at radius 3 is 2.64 bits per heavy atom. The van der Waals surface area contributed by atoms with Crippen LogP contribution in [0.25, 0.3) is 17.2 Å². The van der Waals surface area contributed by atoms with Gasteiger partial charge in [0.2, 0.25) is 0 Å². The zero-order chi connectivity index (χ0) is 23.1. The van der Waals surface area contributed by atoms with Gasteiger partial charge in [0.25, 0.3) is 0 Å². The van der Waals surface area contributed by atoms with E-state index in [0.29, 0.717) is 12.5 Å². The SMILES string of the molecule is Cc1cn2cc(C3=Cc4ccc(N5CCCN(C(C)C)CC5)cc4CCC3=O)cc2c(C)n1. The van der Waals surface area contributed by atoms with E-state index in [2.05, 4.69) is 69.6 Å². The van der Waals surface area contributed by atoms with E-state index in [-0.39, 0.29) is 5.78 Å². The predicted octanol–water partition coefficient (Wildman–Crippen LogP) is 4.93. The van der Waals surface area contributed by atoms with Crippen LogP contribution in [0.2, 0.25) is 0 Å². The first-order chi connectivity index (χ1) is 15.9. The molecule has 0 unspecified atom stereocenters. The zero-order valence-electron chi connectivity index (χ0n) is 20.3. The van der Waals surface area contributed by atoms with E-state index in [4.69, 9.17) is 0 Å². The van der Waals surface area contributed by atoms with E-state index in [9.17, 15) is 4.79 Å². The monoisotopic (exact) mass is 442 g/mol. The van der Waals surface area contributed by atoms with Crippen LogP contribution in [-0.2, 0) is 11.2 Å². The van der Waals surface area contributed by atoms with Crippen molar-refractivity contribution in [2.45, 2.75) is 53.0 Å². The van der Waals surface area contributed by atoms with Gasteiger partial charge in [0.05, 0.1) is 16.9 Å². The van der Waals surface area contributed by atoms with Crippen LogP contribution in [-0.4, -0.2) is 52.3 Å². The number of allylic oxidation sites excluding steroid dienone is 1. The molecular weight excluding hydrogens is 408 g/mol. The number of carbonyl (C=O) groups excluding carboxylic acids is 1. The molecule has 1 aliphatic carbocycles. The van der Waals surface area contributed by atoms with Crippen molar-refractivity contribution in [3.8, 4) is 0 Å². The predicted molar refractivity (Wildman–Crippen MR) is 136 cm³/mol. The highest BCUT2D eigenvalue weighted by atomic mass is 16.1. The molecule has 3 heterocycles. The van der Waals surface area contributed by atoms with E-state index >= 15 is 0 Å². The molecule has 0 atom stereocenters. The Hall–Kier alpha value is -2.92. The number of carbonyl (C=O) groups is 1. The summed E-state index contributed by atoms with van der Waals surface area (Å²) in [5, 5.41) is 0. The summed E-state index contributed by atoms with van der Waals surface area (Å²) >= 11 is 0. The molecule has 1 aromatic carbocycles. The first-order valence-corrected chi connectivity index (χ1v) is 12.2. The molecule has 0 spiro atoms. The number of fused-ring (bicyclic) bond motifs is 2. The molecule has 1 fully saturated rings. The van der Waals surface area contributed by atoms with Crippen LogP contribution in [0.5, 0.6) is 0 Å². The maximum absolute atomic E-state index is 13.1. The maximum atomic E-state index is 13.1. The Morgan fingerprint density at radius 2 is 1.82 bits per heavy atom. The second-order valence-electron chi connectivity index (χ2n) is 9.82. The summed E-state index contributed by atoms with van der Waals surface area (Å²) in [5.74, 6) is 0.216. The topological polar surface area (TPSA) is 40.9 Å². The van der Waals surface area contributed by atoms with Crippen LogP contribution in [0.3, 0.4) is 0 Å². The van der Waals surface area contributed by atoms with Crippen LogP contribution in [0.15, 0.2) is 36.7 Å². The zero-order valence-corrected chi connectivity index (χ0v) is 20.3. The van der Waals surface area contributed by atoms with E-state index in [1.165, 1.54) is 29.8 Å². The van der Waals surface area contributed by atoms with Gasteiger partial charge < -0.3 is 9.30 Å². The van der Waals surface area contributed by atoms with Crippen molar-refractivity contribution in [2.24, 2.45) is 0 Å².